The summed E-state index contributed by atoms with van der Waals surface area (Å²) in [5.41, 5.74) is 5.30. The molecule has 0 spiro atoms. The zero-order valence-corrected chi connectivity index (χ0v) is 7.82. The van der Waals surface area contributed by atoms with Crippen LogP contribution in [0.3, 0.4) is 0 Å². The van der Waals surface area contributed by atoms with Crippen molar-refractivity contribution in [2.75, 3.05) is 0 Å². The van der Waals surface area contributed by atoms with Gasteiger partial charge in [-0.25, -0.2) is 0 Å². The van der Waals surface area contributed by atoms with Gasteiger partial charge in [-0.05, 0) is 15.9 Å². The van der Waals surface area contributed by atoms with Gasteiger partial charge in [-0.15, -0.1) is 0 Å². The Balaban J connectivity index is 2.30. The molecule has 1 aliphatic rings. The molecular weight excluding hydrogens is 228 g/mol. The second-order valence-corrected chi connectivity index (χ2v) is 3.49. The molecule has 0 radical (unpaired) electrons. The molecule has 6 heteroatoms. The smallest absolute Gasteiger partial charge is 0.320 e. The minimum absolute atomic E-state index is 0.203. The van der Waals surface area contributed by atoms with Crippen molar-refractivity contribution < 1.29 is 14.7 Å². The average molecular weight is 237 g/mol. The summed E-state index contributed by atoms with van der Waals surface area (Å²) in [7, 11) is 0. The number of hydrogen-bond acceptors (Lipinski definition) is 4. The van der Waals surface area contributed by atoms with Gasteiger partial charge >= 0.3 is 5.97 Å². The summed E-state index contributed by atoms with van der Waals surface area (Å²) >= 11 is 3.14. The summed E-state index contributed by atoms with van der Waals surface area (Å²) in [5.74, 6) is -1.01. The zero-order valence-electron chi connectivity index (χ0n) is 6.24. The minimum Gasteiger partial charge on any atom is -0.480 e. The normalized spacial score (nSPS) is 24.5. The fraction of sp³-hybridized carbons (Fsp3) is 0.667. The van der Waals surface area contributed by atoms with Gasteiger partial charge in [0.25, 0.3) is 0 Å². The first-order valence-electron chi connectivity index (χ1n) is 3.46. The standard InChI is InChI=1S/C6H9BrN2O3/c7-5-2-3(12-9-5)1-4(8)6(10)11/h3-4H,1-2,8H2,(H,10,11). The van der Waals surface area contributed by atoms with Crippen LogP contribution in [-0.4, -0.2) is 27.8 Å². The number of carbonyl (C=O) groups is 1. The van der Waals surface area contributed by atoms with Gasteiger partial charge in [0.2, 0.25) is 0 Å². The highest BCUT2D eigenvalue weighted by Gasteiger charge is 2.24. The molecule has 0 fully saturated rings. The third-order valence-electron chi connectivity index (χ3n) is 1.53. The summed E-state index contributed by atoms with van der Waals surface area (Å²) in [4.78, 5) is 15.2. The van der Waals surface area contributed by atoms with Crippen LogP contribution in [0, 0.1) is 0 Å². The molecule has 0 aromatic carbocycles. The van der Waals surface area contributed by atoms with Crippen molar-refractivity contribution in [1.29, 1.82) is 0 Å². The molecule has 0 amide bonds. The van der Waals surface area contributed by atoms with Crippen molar-refractivity contribution in [2.45, 2.75) is 25.0 Å². The maximum atomic E-state index is 10.3. The van der Waals surface area contributed by atoms with Crippen molar-refractivity contribution in [3.05, 3.63) is 0 Å². The van der Waals surface area contributed by atoms with E-state index >= 15 is 0 Å². The Labute approximate surface area is 77.7 Å². The Kier molecular flexibility index (Phi) is 3.05. The van der Waals surface area contributed by atoms with Gasteiger partial charge in [-0.2, -0.15) is 0 Å². The van der Waals surface area contributed by atoms with E-state index in [0.29, 0.717) is 11.0 Å². The van der Waals surface area contributed by atoms with E-state index in [4.69, 9.17) is 15.7 Å². The Bertz CT molecular complexity index is 219. The van der Waals surface area contributed by atoms with Crippen LogP contribution in [0.4, 0.5) is 0 Å². The third-order valence-corrected chi connectivity index (χ3v) is 2.00. The number of halogens is 1. The first-order valence-corrected chi connectivity index (χ1v) is 4.25. The quantitative estimate of drug-likeness (QED) is 0.738. The number of carboxylic acids is 1. The highest BCUT2D eigenvalue weighted by Crippen LogP contribution is 2.17. The molecule has 1 heterocycles. The van der Waals surface area contributed by atoms with Crippen LogP contribution in [0.15, 0.2) is 5.16 Å². The molecule has 0 aliphatic carbocycles. The van der Waals surface area contributed by atoms with Crippen molar-refractivity contribution in [1.82, 2.24) is 0 Å². The number of oxime groups is 1. The molecule has 1 rings (SSSR count). The maximum Gasteiger partial charge on any atom is 0.320 e. The summed E-state index contributed by atoms with van der Waals surface area (Å²) in [6.45, 7) is 0. The van der Waals surface area contributed by atoms with E-state index in [0.717, 1.165) is 0 Å². The number of hydrogen-bond donors (Lipinski definition) is 2. The fourth-order valence-electron chi connectivity index (χ4n) is 0.905. The molecule has 0 bridgehead atoms. The van der Waals surface area contributed by atoms with Gasteiger partial charge in [-0.3, -0.25) is 4.79 Å². The zero-order chi connectivity index (χ0) is 9.14. The van der Waals surface area contributed by atoms with Crippen molar-refractivity contribution >= 4 is 26.5 Å². The van der Waals surface area contributed by atoms with Crippen LogP contribution in [-0.2, 0) is 9.63 Å². The highest BCUT2D eigenvalue weighted by molar-refractivity contribution is 9.18. The van der Waals surface area contributed by atoms with E-state index in [1.807, 2.05) is 0 Å². The van der Waals surface area contributed by atoms with Crippen LogP contribution in [0.1, 0.15) is 12.8 Å². The molecule has 0 aromatic rings. The molecular formula is C6H9BrN2O3. The predicted molar refractivity (Wildman–Crippen MR) is 46.1 cm³/mol. The number of nitrogens with zero attached hydrogens (tertiary/aromatic N) is 1. The second kappa shape index (κ2) is 3.86. The van der Waals surface area contributed by atoms with Crippen molar-refractivity contribution in [2.24, 2.45) is 10.9 Å². The molecule has 0 saturated carbocycles. The largest absolute Gasteiger partial charge is 0.480 e. The van der Waals surface area contributed by atoms with E-state index < -0.39 is 12.0 Å². The lowest BCUT2D eigenvalue weighted by atomic mass is 10.1. The third kappa shape index (κ3) is 2.46. The maximum absolute atomic E-state index is 10.3. The molecule has 2 atom stereocenters. The van der Waals surface area contributed by atoms with Crippen LogP contribution in [0.25, 0.3) is 0 Å². The van der Waals surface area contributed by atoms with Gasteiger partial charge in [-0.1, -0.05) is 5.16 Å². The fourth-order valence-corrected chi connectivity index (χ4v) is 1.35. The van der Waals surface area contributed by atoms with Gasteiger partial charge in [0.1, 0.15) is 16.8 Å². The van der Waals surface area contributed by atoms with E-state index in [1.165, 1.54) is 0 Å². The summed E-state index contributed by atoms with van der Waals surface area (Å²) in [5, 5.41) is 12.1. The molecule has 68 valence electrons. The van der Waals surface area contributed by atoms with Crippen LogP contribution in [0.5, 0.6) is 0 Å². The van der Waals surface area contributed by atoms with E-state index in [9.17, 15) is 4.79 Å². The predicted octanol–water partition coefficient (Wildman–Crippen LogP) is 0.286. The first-order chi connectivity index (χ1) is 5.59. The van der Waals surface area contributed by atoms with Crippen molar-refractivity contribution in [3.63, 3.8) is 0 Å². The molecule has 2 unspecified atom stereocenters. The summed E-state index contributed by atoms with van der Waals surface area (Å²) in [6, 6.07) is -0.872. The molecule has 12 heavy (non-hydrogen) atoms. The minimum atomic E-state index is -1.01. The van der Waals surface area contributed by atoms with Crippen molar-refractivity contribution in [3.8, 4) is 0 Å². The van der Waals surface area contributed by atoms with Gasteiger partial charge in [0.15, 0.2) is 0 Å². The van der Waals surface area contributed by atoms with Crippen LogP contribution >= 0.6 is 15.9 Å². The van der Waals surface area contributed by atoms with Gasteiger partial charge in [0.05, 0.1) is 0 Å². The number of aliphatic carboxylic acids is 1. The van der Waals surface area contributed by atoms with Gasteiger partial charge in [0, 0.05) is 12.8 Å². The number of carboxylic acid groups (broad SMARTS) is 1. The lowest BCUT2D eigenvalue weighted by molar-refractivity contribution is -0.139. The second-order valence-electron chi connectivity index (χ2n) is 2.58. The molecule has 0 saturated heterocycles. The van der Waals surface area contributed by atoms with E-state index in [-0.39, 0.29) is 12.5 Å². The Hall–Kier alpha value is -0.620. The molecule has 3 N–H and O–H groups in total. The number of rotatable bonds is 3. The summed E-state index contributed by atoms with van der Waals surface area (Å²) < 4.78 is 0.699. The average Bonchev–Trinajstić information content (AvgIpc) is 2.35. The molecule has 1 aliphatic heterocycles. The first kappa shape index (κ1) is 9.47. The van der Waals surface area contributed by atoms with Crippen LogP contribution in [0.2, 0.25) is 0 Å². The summed E-state index contributed by atoms with van der Waals surface area (Å²) in [6.07, 6.45) is 0.681. The molecule has 5 nitrogen and oxygen atoms in total. The Morgan fingerprint density at radius 3 is 3.08 bits per heavy atom. The SMILES string of the molecule is NC(CC1CC(Br)=NO1)C(=O)O. The lowest BCUT2D eigenvalue weighted by Gasteiger charge is -2.10. The van der Waals surface area contributed by atoms with Gasteiger partial charge < -0.3 is 15.7 Å². The monoisotopic (exact) mass is 236 g/mol. The highest BCUT2D eigenvalue weighted by atomic mass is 79.9. The van der Waals surface area contributed by atoms with Crippen LogP contribution < -0.4 is 5.73 Å². The Morgan fingerprint density at radius 2 is 2.67 bits per heavy atom. The molecule has 0 aromatic heterocycles. The van der Waals surface area contributed by atoms with E-state index in [1.54, 1.807) is 0 Å². The Morgan fingerprint density at radius 1 is 2.00 bits per heavy atom. The topological polar surface area (TPSA) is 84.9 Å². The number of nitrogens with two attached hydrogens (primary N) is 1. The lowest BCUT2D eigenvalue weighted by Crippen LogP contribution is -2.33. The van der Waals surface area contributed by atoms with E-state index in [2.05, 4.69) is 21.1 Å².